The van der Waals surface area contributed by atoms with Gasteiger partial charge in [-0.2, -0.15) is 0 Å². The number of aromatic nitrogens is 2. The molecule has 0 aliphatic heterocycles. The molecule has 0 unspecified atom stereocenters. The molecule has 0 aliphatic rings. The average Bonchev–Trinajstić information content (AvgIpc) is 3.34. The number of carbonyl (C=O) groups is 2. The monoisotopic (exact) mass is 552 g/mol. The first kappa shape index (κ1) is 27.2. The van der Waals surface area contributed by atoms with Gasteiger partial charge in [-0.05, 0) is 48.5 Å². The van der Waals surface area contributed by atoms with Gasteiger partial charge in [0.2, 0.25) is 11.9 Å². The van der Waals surface area contributed by atoms with Crippen LogP contribution < -0.4 is 10.1 Å². The Labute approximate surface area is 230 Å². The molecule has 0 atom stereocenters. The molecule has 1 N–H and O–H groups in total. The number of halogens is 2. The molecule has 1 aromatic heterocycles. The standard InChI is InChI=1S/C28H26Cl2N4O4/c1-37-16-15-33(27(36)23-5-3-4-6-24(23)30)18-26(35)32-28-31-25(19-7-9-20(29)10-8-19)17-34(28)21-11-13-22(38-2)14-12-21/h3-14,17H,15-16,18H2,1-2H3,(H,31,32,35). The molecule has 1 heterocycles. The second kappa shape index (κ2) is 12.6. The zero-order chi connectivity index (χ0) is 27.1. The predicted octanol–water partition coefficient (Wildman–Crippen LogP) is 5.58. The molecular weight excluding hydrogens is 527 g/mol. The number of carbonyl (C=O) groups excluding carboxylic acids is 2. The van der Waals surface area contributed by atoms with Crippen molar-refractivity contribution in [1.29, 1.82) is 0 Å². The lowest BCUT2D eigenvalue weighted by molar-refractivity contribution is -0.117. The van der Waals surface area contributed by atoms with Crippen LogP contribution in [0.4, 0.5) is 5.95 Å². The second-order valence-electron chi connectivity index (χ2n) is 8.27. The first-order valence-electron chi connectivity index (χ1n) is 11.7. The fourth-order valence-electron chi connectivity index (χ4n) is 3.76. The van der Waals surface area contributed by atoms with Gasteiger partial charge in [0.25, 0.3) is 5.91 Å². The lowest BCUT2D eigenvalue weighted by atomic mass is 10.2. The molecule has 0 bridgehead atoms. The van der Waals surface area contributed by atoms with E-state index >= 15 is 0 Å². The Bertz CT molecular complexity index is 1410. The van der Waals surface area contributed by atoms with Crippen LogP contribution in [0, 0.1) is 0 Å². The van der Waals surface area contributed by atoms with Crippen molar-refractivity contribution < 1.29 is 19.1 Å². The predicted molar refractivity (Wildman–Crippen MR) is 148 cm³/mol. The highest BCUT2D eigenvalue weighted by molar-refractivity contribution is 6.33. The number of rotatable bonds is 10. The van der Waals surface area contributed by atoms with Crippen LogP contribution in [0.15, 0.2) is 79.0 Å². The summed E-state index contributed by atoms with van der Waals surface area (Å²) in [6.07, 6.45) is 1.82. The van der Waals surface area contributed by atoms with Crippen molar-refractivity contribution in [3.8, 4) is 22.7 Å². The molecular formula is C28H26Cl2N4O4. The third-order valence-electron chi connectivity index (χ3n) is 5.74. The van der Waals surface area contributed by atoms with E-state index in [4.69, 9.17) is 32.7 Å². The van der Waals surface area contributed by atoms with Crippen LogP contribution in [-0.4, -0.2) is 60.2 Å². The summed E-state index contributed by atoms with van der Waals surface area (Å²) in [5.41, 5.74) is 2.53. The summed E-state index contributed by atoms with van der Waals surface area (Å²) in [6.45, 7) is 0.237. The Morgan fingerprint density at radius 2 is 1.68 bits per heavy atom. The summed E-state index contributed by atoms with van der Waals surface area (Å²) in [5.74, 6) is 0.193. The summed E-state index contributed by atoms with van der Waals surface area (Å²) in [5, 5.41) is 3.77. The summed E-state index contributed by atoms with van der Waals surface area (Å²) in [4.78, 5) is 32.5. The molecule has 3 aromatic carbocycles. The fourth-order valence-corrected chi connectivity index (χ4v) is 4.11. The van der Waals surface area contributed by atoms with Crippen LogP contribution in [0.25, 0.3) is 16.9 Å². The van der Waals surface area contributed by atoms with E-state index in [1.54, 1.807) is 48.1 Å². The van der Waals surface area contributed by atoms with E-state index in [2.05, 4.69) is 10.3 Å². The maximum Gasteiger partial charge on any atom is 0.255 e. The van der Waals surface area contributed by atoms with Gasteiger partial charge in [-0.3, -0.25) is 19.5 Å². The minimum absolute atomic E-state index is 0.205. The zero-order valence-electron chi connectivity index (χ0n) is 20.9. The smallest absolute Gasteiger partial charge is 0.255 e. The Morgan fingerprint density at radius 1 is 0.974 bits per heavy atom. The highest BCUT2D eigenvalue weighted by Gasteiger charge is 2.22. The lowest BCUT2D eigenvalue weighted by Crippen LogP contribution is -2.40. The molecule has 4 aromatic rings. The van der Waals surface area contributed by atoms with E-state index in [1.165, 1.54) is 12.0 Å². The summed E-state index contributed by atoms with van der Waals surface area (Å²) in [7, 11) is 3.12. The third kappa shape index (κ3) is 6.52. The topological polar surface area (TPSA) is 85.7 Å². The van der Waals surface area contributed by atoms with Crippen molar-refractivity contribution in [1.82, 2.24) is 14.5 Å². The molecule has 0 fully saturated rings. The number of imidazole rings is 1. The van der Waals surface area contributed by atoms with Gasteiger partial charge in [-0.25, -0.2) is 4.98 Å². The van der Waals surface area contributed by atoms with E-state index < -0.39 is 5.91 Å². The first-order chi connectivity index (χ1) is 18.4. The van der Waals surface area contributed by atoms with Gasteiger partial charge in [0.05, 0.1) is 30.0 Å². The molecule has 10 heteroatoms. The molecule has 0 radical (unpaired) electrons. The van der Waals surface area contributed by atoms with Gasteiger partial charge in [0.1, 0.15) is 12.3 Å². The summed E-state index contributed by atoms with van der Waals surface area (Å²) in [6, 6.07) is 21.3. The van der Waals surface area contributed by atoms with Crippen LogP contribution in [0.3, 0.4) is 0 Å². The Morgan fingerprint density at radius 3 is 2.34 bits per heavy atom. The normalized spacial score (nSPS) is 10.7. The minimum atomic E-state index is -0.426. The molecule has 38 heavy (non-hydrogen) atoms. The Balaban J connectivity index is 1.62. The van der Waals surface area contributed by atoms with Gasteiger partial charge in [-0.15, -0.1) is 0 Å². The number of hydrogen-bond acceptors (Lipinski definition) is 5. The SMILES string of the molecule is COCCN(CC(=O)Nc1nc(-c2ccc(Cl)cc2)cn1-c1ccc(OC)cc1)C(=O)c1ccccc1Cl. The van der Waals surface area contributed by atoms with Gasteiger partial charge in [0.15, 0.2) is 0 Å². The van der Waals surface area contributed by atoms with Crippen molar-refractivity contribution in [2.75, 3.05) is 39.2 Å². The van der Waals surface area contributed by atoms with Crippen molar-refractivity contribution in [3.63, 3.8) is 0 Å². The van der Waals surface area contributed by atoms with Crippen LogP contribution in [-0.2, 0) is 9.53 Å². The van der Waals surface area contributed by atoms with Gasteiger partial charge in [-0.1, -0.05) is 47.5 Å². The molecule has 8 nitrogen and oxygen atoms in total. The van der Waals surface area contributed by atoms with Gasteiger partial charge < -0.3 is 14.4 Å². The highest BCUT2D eigenvalue weighted by atomic mass is 35.5. The number of amides is 2. The number of ether oxygens (including phenoxy) is 2. The number of nitrogens with one attached hydrogen (secondary N) is 1. The lowest BCUT2D eigenvalue weighted by Gasteiger charge is -2.22. The number of nitrogens with zero attached hydrogens (tertiary/aromatic N) is 3. The molecule has 2 amide bonds. The van der Waals surface area contributed by atoms with Crippen molar-refractivity contribution in [2.45, 2.75) is 0 Å². The number of benzene rings is 3. The maximum absolute atomic E-state index is 13.2. The summed E-state index contributed by atoms with van der Waals surface area (Å²) < 4.78 is 12.2. The van der Waals surface area contributed by atoms with Crippen molar-refractivity contribution in [2.24, 2.45) is 0 Å². The van der Waals surface area contributed by atoms with E-state index in [1.807, 2.05) is 42.6 Å². The summed E-state index contributed by atoms with van der Waals surface area (Å²) >= 11 is 12.3. The van der Waals surface area contributed by atoms with E-state index in [0.717, 1.165) is 11.3 Å². The van der Waals surface area contributed by atoms with Crippen LogP contribution in [0.2, 0.25) is 10.0 Å². The van der Waals surface area contributed by atoms with Crippen LogP contribution in [0.5, 0.6) is 5.75 Å². The van der Waals surface area contributed by atoms with Crippen LogP contribution >= 0.6 is 23.2 Å². The molecule has 196 valence electrons. The Kier molecular flexibility index (Phi) is 9.02. The van der Waals surface area contributed by atoms with Gasteiger partial charge in [0, 0.05) is 36.1 Å². The average molecular weight is 553 g/mol. The first-order valence-corrected chi connectivity index (χ1v) is 12.5. The van der Waals surface area contributed by atoms with Crippen LogP contribution in [0.1, 0.15) is 10.4 Å². The highest BCUT2D eigenvalue weighted by Crippen LogP contribution is 2.26. The maximum atomic E-state index is 13.2. The van der Waals surface area contributed by atoms with Crippen molar-refractivity contribution >= 4 is 41.0 Å². The molecule has 0 aliphatic carbocycles. The third-order valence-corrected chi connectivity index (χ3v) is 6.32. The number of hydrogen-bond donors (Lipinski definition) is 1. The minimum Gasteiger partial charge on any atom is -0.497 e. The zero-order valence-corrected chi connectivity index (χ0v) is 22.4. The molecule has 0 saturated heterocycles. The number of anilines is 1. The van der Waals surface area contributed by atoms with E-state index in [0.29, 0.717) is 33.0 Å². The molecule has 4 rings (SSSR count). The fraction of sp³-hybridized carbons (Fsp3) is 0.179. The van der Waals surface area contributed by atoms with E-state index in [-0.39, 0.29) is 25.6 Å². The largest absolute Gasteiger partial charge is 0.497 e. The van der Waals surface area contributed by atoms with Crippen molar-refractivity contribution in [3.05, 3.63) is 94.6 Å². The Hall–Kier alpha value is -3.85. The molecule has 0 saturated carbocycles. The van der Waals surface area contributed by atoms with Gasteiger partial charge >= 0.3 is 0 Å². The molecule has 0 spiro atoms. The quantitative estimate of drug-likeness (QED) is 0.277. The van der Waals surface area contributed by atoms with E-state index in [9.17, 15) is 9.59 Å². The number of methoxy groups -OCH3 is 2. The second-order valence-corrected chi connectivity index (χ2v) is 9.12.